The van der Waals surface area contributed by atoms with Crippen molar-refractivity contribution < 1.29 is 9.13 Å². The first kappa shape index (κ1) is 13.6. The first-order valence-corrected chi connectivity index (χ1v) is 6.38. The van der Waals surface area contributed by atoms with Crippen LogP contribution in [-0.2, 0) is 6.54 Å². The number of methoxy groups -OCH3 is 1. The smallest absolute Gasteiger partial charge is 0.134 e. The lowest BCUT2D eigenvalue weighted by atomic mass is 10.0. The summed E-state index contributed by atoms with van der Waals surface area (Å²) in [6.07, 6.45) is 0. The fourth-order valence-electron chi connectivity index (χ4n) is 1.93. The van der Waals surface area contributed by atoms with Gasteiger partial charge < -0.3 is 10.1 Å². The minimum atomic E-state index is -0.265. The maximum absolute atomic E-state index is 13.9. The summed E-state index contributed by atoms with van der Waals surface area (Å²) in [6.45, 7) is 3.85. The third kappa shape index (κ3) is 3.32. The number of benzene rings is 2. The first-order chi connectivity index (χ1) is 9.24. The molecule has 0 fully saturated rings. The highest BCUT2D eigenvalue weighted by Gasteiger charge is 2.06. The molecule has 0 atom stereocenters. The third-order valence-electron chi connectivity index (χ3n) is 3.02. The van der Waals surface area contributed by atoms with E-state index in [1.807, 2.05) is 24.3 Å². The highest BCUT2D eigenvalue weighted by Crippen LogP contribution is 2.26. The van der Waals surface area contributed by atoms with Gasteiger partial charge in [0.05, 0.1) is 7.11 Å². The fraction of sp³-hybridized carbons (Fsp3) is 0.250. The summed E-state index contributed by atoms with van der Waals surface area (Å²) in [5.41, 5.74) is 2.66. The molecule has 2 aromatic carbocycles. The fourth-order valence-corrected chi connectivity index (χ4v) is 1.93. The molecule has 0 aromatic heterocycles. The zero-order valence-corrected chi connectivity index (χ0v) is 11.2. The molecule has 3 heteroatoms. The van der Waals surface area contributed by atoms with Crippen molar-refractivity contribution in [1.82, 2.24) is 5.32 Å². The van der Waals surface area contributed by atoms with E-state index in [4.69, 9.17) is 4.74 Å². The topological polar surface area (TPSA) is 21.3 Å². The summed E-state index contributed by atoms with van der Waals surface area (Å²) >= 11 is 0. The lowest BCUT2D eigenvalue weighted by molar-refractivity contribution is 0.411. The molecule has 0 saturated carbocycles. The van der Waals surface area contributed by atoms with Gasteiger partial charge in [-0.2, -0.15) is 0 Å². The number of nitrogens with one attached hydrogen (secondary N) is 1. The van der Waals surface area contributed by atoms with Gasteiger partial charge in [-0.3, -0.25) is 0 Å². The molecule has 100 valence electrons. The minimum Gasteiger partial charge on any atom is -0.497 e. The highest BCUT2D eigenvalue weighted by molar-refractivity contribution is 5.65. The van der Waals surface area contributed by atoms with Gasteiger partial charge in [0.25, 0.3) is 0 Å². The van der Waals surface area contributed by atoms with Crippen molar-refractivity contribution in [3.05, 3.63) is 53.8 Å². The predicted molar refractivity (Wildman–Crippen MR) is 75.8 cm³/mol. The van der Waals surface area contributed by atoms with Gasteiger partial charge in [0, 0.05) is 18.2 Å². The summed E-state index contributed by atoms with van der Waals surface area (Å²) in [6, 6.07) is 12.8. The normalized spacial score (nSPS) is 10.5. The van der Waals surface area contributed by atoms with Crippen molar-refractivity contribution in [3.63, 3.8) is 0 Å². The summed E-state index contributed by atoms with van der Waals surface area (Å²) < 4.78 is 18.9. The molecule has 0 radical (unpaired) electrons. The average Bonchev–Trinajstić information content (AvgIpc) is 2.45. The molecular formula is C16H18FNO. The van der Waals surface area contributed by atoms with E-state index in [0.717, 1.165) is 18.7 Å². The Morgan fingerprint density at radius 2 is 1.84 bits per heavy atom. The van der Waals surface area contributed by atoms with Gasteiger partial charge in [0.15, 0.2) is 0 Å². The van der Waals surface area contributed by atoms with Gasteiger partial charge in [-0.15, -0.1) is 0 Å². The minimum absolute atomic E-state index is 0.265. The van der Waals surface area contributed by atoms with Gasteiger partial charge in [-0.1, -0.05) is 31.2 Å². The van der Waals surface area contributed by atoms with Crippen molar-refractivity contribution in [2.45, 2.75) is 13.5 Å². The summed E-state index contributed by atoms with van der Waals surface area (Å²) in [5, 5.41) is 3.26. The average molecular weight is 259 g/mol. The monoisotopic (exact) mass is 259 g/mol. The van der Waals surface area contributed by atoms with E-state index >= 15 is 0 Å². The second-order valence-corrected chi connectivity index (χ2v) is 4.32. The molecular weight excluding hydrogens is 241 g/mol. The number of ether oxygens (including phenoxy) is 1. The third-order valence-corrected chi connectivity index (χ3v) is 3.02. The van der Waals surface area contributed by atoms with E-state index < -0.39 is 0 Å². The van der Waals surface area contributed by atoms with Crippen LogP contribution in [0.2, 0.25) is 0 Å². The molecule has 0 unspecified atom stereocenters. The number of halogens is 1. The largest absolute Gasteiger partial charge is 0.497 e. The van der Waals surface area contributed by atoms with Gasteiger partial charge in [-0.05, 0) is 29.8 Å². The highest BCUT2D eigenvalue weighted by atomic mass is 19.1. The zero-order chi connectivity index (χ0) is 13.7. The van der Waals surface area contributed by atoms with Crippen LogP contribution in [-0.4, -0.2) is 13.7 Å². The molecule has 2 rings (SSSR count). The summed E-state index contributed by atoms with van der Waals surface area (Å²) in [5.74, 6) is 0.267. The van der Waals surface area contributed by atoms with Crippen LogP contribution in [0.5, 0.6) is 5.75 Å². The van der Waals surface area contributed by atoms with Crippen molar-refractivity contribution >= 4 is 0 Å². The maximum atomic E-state index is 13.9. The van der Waals surface area contributed by atoms with Gasteiger partial charge in [-0.25, -0.2) is 4.39 Å². The van der Waals surface area contributed by atoms with Crippen molar-refractivity contribution in [1.29, 1.82) is 0 Å². The summed E-state index contributed by atoms with van der Waals surface area (Å²) in [4.78, 5) is 0. The first-order valence-electron chi connectivity index (χ1n) is 6.38. The van der Waals surface area contributed by atoms with Gasteiger partial charge in [0.2, 0.25) is 0 Å². The van der Waals surface area contributed by atoms with Crippen LogP contribution in [0.4, 0.5) is 4.39 Å². The van der Waals surface area contributed by atoms with E-state index in [1.165, 1.54) is 18.7 Å². The molecule has 0 bridgehead atoms. The molecule has 2 nitrogen and oxygen atoms in total. The SMILES string of the molecule is CCNCc1ccc(-c2ccc(OC)cc2F)cc1. The number of rotatable bonds is 5. The van der Waals surface area contributed by atoms with E-state index in [0.29, 0.717) is 11.3 Å². The Bertz CT molecular complexity index is 537. The lowest BCUT2D eigenvalue weighted by Crippen LogP contribution is -2.11. The molecule has 0 aliphatic carbocycles. The number of hydrogen-bond donors (Lipinski definition) is 1. The van der Waals surface area contributed by atoms with Gasteiger partial charge >= 0.3 is 0 Å². The second kappa shape index (κ2) is 6.34. The Morgan fingerprint density at radius 1 is 1.11 bits per heavy atom. The van der Waals surface area contributed by atoms with E-state index in [9.17, 15) is 4.39 Å². The zero-order valence-electron chi connectivity index (χ0n) is 11.2. The molecule has 1 N–H and O–H groups in total. The van der Waals surface area contributed by atoms with E-state index in [1.54, 1.807) is 12.1 Å². The van der Waals surface area contributed by atoms with E-state index in [-0.39, 0.29) is 5.82 Å². The molecule has 2 aromatic rings. The van der Waals surface area contributed by atoms with Crippen LogP contribution in [0, 0.1) is 5.82 Å². The summed E-state index contributed by atoms with van der Waals surface area (Å²) in [7, 11) is 1.53. The Balaban J connectivity index is 2.22. The Hall–Kier alpha value is -1.87. The second-order valence-electron chi connectivity index (χ2n) is 4.32. The molecule has 0 spiro atoms. The quantitative estimate of drug-likeness (QED) is 0.885. The van der Waals surface area contributed by atoms with Crippen molar-refractivity contribution in [2.24, 2.45) is 0 Å². The van der Waals surface area contributed by atoms with Crippen LogP contribution >= 0.6 is 0 Å². The van der Waals surface area contributed by atoms with Gasteiger partial charge in [0.1, 0.15) is 11.6 Å². The molecule has 19 heavy (non-hydrogen) atoms. The van der Waals surface area contributed by atoms with Crippen molar-refractivity contribution in [2.75, 3.05) is 13.7 Å². The Kier molecular flexibility index (Phi) is 4.53. The molecule has 0 saturated heterocycles. The molecule has 0 aliphatic rings. The van der Waals surface area contributed by atoms with Crippen LogP contribution in [0.15, 0.2) is 42.5 Å². The van der Waals surface area contributed by atoms with Crippen LogP contribution < -0.4 is 10.1 Å². The van der Waals surface area contributed by atoms with Crippen LogP contribution in [0.3, 0.4) is 0 Å². The standard InChI is InChI=1S/C16H18FNO/c1-3-18-11-12-4-6-13(7-5-12)15-9-8-14(19-2)10-16(15)17/h4-10,18H,3,11H2,1-2H3. The molecule has 0 aliphatic heterocycles. The Labute approximate surface area is 113 Å². The lowest BCUT2D eigenvalue weighted by Gasteiger charge is -2.07. The van der Waals surface area contributed by atoms with Crippen LogP contribution in [0.1, 0.15) is 12.5 Å². The van der Waals surface area contributed by atoms with Crippen molar-refractivity contribution in [3.8, 4) is 16.9 Å². The van der Waals surface area contributed by atoms with E-state index in [2.05, 4.69) is 12.2 Å². The molecule has 0 amide bonds. The number of hydrogen-bond acceptors (Lipinski definition) is 2. The Morgan fingerprint density at radius 3 is 2.42 bits per heavy atom. The predicted octanol–water partition coefficient (Wildman–Crippen LogP) is 3.61. The van der Waals surface area contributed by atoms with Crippen LogP contribution in [0.25, 0.3) is 11.1 Å². The molecule has 0 heterocycles. The maximum Gasteiger partial charge on any atom is 0.134 e.